The predicted molar refractivity (Wildman–Crippen MR) is 93.7 cm³/mol. The Bertz CT molecular complexity index is 528. The monoisotopic (exact) mass is 320 g/mol. The molecule has 0 saturated carbocycles. The van der Waals surface area contributed by atoms with Crippen LogP contribution in [0.5, 0.6) is 0 Å². The van der Waals surface area contributed by atoms with Gasteiger partial charge in [0.05, 0.1) is 6.26 Å². The summed E-state index contributed by atoms with van der Waals surface area (Å²) >= 11 is 7.23. The number of thiocarbonyl (C=S) groups is 1. The molecular formula is C16H20N2OS2. The number of thioether (sulfide) groups is 1. The zero-order valence-electron chi connectivity index (χ0n) is 12.0. The van der Waals surface area contributed by atoms with Crippen LogP contribution in [0.2, 0.25) is 0 Å². The average molecular weight is 320 g/mol. The lowest BCUT2D eigenvalue weighted by atomic mass is 10.1. The second-order valence-corrected chi connectivity index (χ2v) is 6.00. The lowest BCUT2D eigenvalue weighted by Gasteiger charge is -2.19. The Morgan fingerprint density at radius 2 is 2.05 bits per heavy atom. The van der Waals surface area contributed by atoms with Crippen molar-refractivity contribution in [1.29, 1.82) is 0 Å². The van der Waals surface area contributed by atoms with Gasteiger partial charge < -0.3 is 15.1 Å². The van der Waals surface area contributed by atoms with E-state index in [0.29, 0.717) is 5.11 Å². The van der Waals surface area contributed by atoms with Gasteiger partial charge in [-0.15, -0.1) is 0 Å². The van der Waals surface area contributed by atoms with Crippen LogP contribution in [0.4, 0.5) is 0 Å². The van der Waals surface area contributed by atoms with Crippen LogP contribution in [0.3, 0.4) is 0 Å². The first kappa shape index (κ1) is 15.9. The number of hydrogen-bond donors (Lipinski definition) is 2. The van der Waals surface area contributed by atoms with E-state index in [0.717, 1.165) is 30.0 Å². The van der Waals surface area contributed by atoms with Crippen molar-refractivity contribution in [3.63, 3.8) is 0 Å². The van der Waals surface area contributed by atoms with E-state index in [1.807, 2.05) is 42.1 Å². The fourth-order valence-corrected chi connectivity index (χ4v) is 2.67. The van der Waals surface area contributed by atoms with Gasteiger partial charge in [-0.2, -0.15) is 11.8 Å². The molecule has 1 aromatic carbocycles. The van der Waals surface area contributed by atoms with Crippen LogP contribution < -0.4 is 10.6 Å². The molecule has 2 aromatic rings. The summed E-state index contributed by atoms with van der Waals surface area (Å²) in [5.41, 5.74) is 1.13. The maximum Gasteiger partial charge on any atom is 0.167 e. The van der Waals surface area contributed by atoms with E-state index in [1.54, 1.807) is 6.26 Å². The SMILES string of the molecule is CSCCCNC(=S)N[C@@H](c1ccccc1)c1ccco1. The van der Waals surface area contributed by atoms with E-state index in [9.17, 15) is 0 Å². The molecule has 2 N–H and O–H groups in total. The zero-order valence-corrected chi connectivity index (χ0v) is 13.7. The fraction of sp³-hybridized carbons (Fsp3) is 0.312. The first-order chi connectivity index (χ1) is 10.3. The summed E-state index contributed by atoms with van der Waals surface area (Å²) < 4.78 is 5.54. The molecule has 0 saturated heterocycles. The summed E-state index contributed by atoms with van der Waals surface area (Å²) in [6.07, 6.45) is 4.89. The first-order valence-corrected chi connectivity index (χ1v) is 8.73. The van der Waals surface area contributed by atoms with Crippen LogP contribution in [0.1, 0.15) is 23.8 Å². The zero-order chi connectivity index (χ0) is 14.9. The minimum atomic E-state index is -0.0678. The summed E-state index contributed by atoms with van der Waals surface area (Å²) in [5.74, 6) is 1.99. The maximum absolute atomic E-state index is 5.54. The molecule has 0 radical (unpaired) electrons. The van der Waals surface area contributed by atoms with Crippen molar-refractivity contribution in [2.75, 3.05) is 18.6 Å². The van der Waals surface area contributed by atoms with Gasteiger partial charge in [0.25, 0.3) is 0 Å². The number of nitrogens with one attached hydrogen (secondary N) is 2. The normalized spacial score (nSPS) is 11.9. The Kier molecular flexibility index (Phi) is 6.63. The highest BCUT2D eigenvalue weighted by molar-refractivity contribution is 7.98. The number of furan rings is 1. The number of benzene rings is 1. The molecule has 3 nitrogen and oxygen atoms in total. The Morgan fingerprint density at radius 1 is 1.24 bits per heavy atom. The lowest BCUT2D eigenvalue weighted by molar-refractivity contribution is 0.474. The summed E-state index contributed by atoms with van der Waals surface area (Å²) in [5, 5.41) is 7.23. The van der Waals surface area contributed by atoms with Crippen LogP contribution in [-0.4, -0.2) is 23.7 Å². The molecule has 1 heterocycles. The molecule has 2 rings (SSSR count). The van der Waals surface area contributed by atoms with E-state index in [-0.39, 0.29) is 6.04 Å². The van der Waals surface area contributed by atoms with E-state index in [1.165, 1.54) is 0 Å². The maximum atomic E-state index is 5.54. The van der Waals surface area contributed by atoms with E-state index >= 15 is 0 Å². The van der Waals surface area contributed by atoms with Gasteiger partial charge in [-0.1, -0.05) is 30.3 Å². The minimum Gasteiger partial charge on any atom is -0.467 e. The highest BCUT2D eigenvalue weighted by Gasteiger charge is 2.17. The van der Waals surface area contributed by atoms with E-state index < -0.39 is 0 Å². The van der Waals surface area contributed by atoms with Gasteiger partial charge in [0.15, 0.2) is 5.11 Å². The second kappa shape index (κ2) is 8.74. The number of hydrogen-bond acceptors (Lipinski definition) is 3. The van der Waals surface area contributed by atoms with Crippen molar-refractivity contribution in [1.82, 2.24) is 10.6 Å². The van der Waals surface area contributed by atoms with Gasteiger partial charge in [-0.3, -0.25) is 0 Å². The summed E-state index contributed by atoms with van der Waals surface area (Å²) in [6, 6.07) is 13.9. The summed E-state index contributed by atoms with van der Waals surface area (Å²) in [4.78, 5) is 0. The largest absolute Gasteiger partial charge is 0.467 e. The highest BCUT2D eigenvalue weighted by atomic mass is 32.2. The van der Waals surface area contributed by atoms with Gasteiger partial charge in [0.2, 0.25) is 0 Å². The van der Waals surface area contributed by atoms with Gasteiger partial charge in [-0.25, -0.2) is 0 Å². The molecule has 21 heavy (non-hydrogen) atoms. The summed E-state index contributed by atoms with van der Waals surface area (Å²) in [7, 11) is 0. The quantitative estimate of drug-likeness (QED) is 0.602. The van der Waals surface area contributed by atoms with Crippen molar-refractivity contribution >= 4 is 29.1 Å². The third kappa shape index (κ3) is 5.10. The van der Waals surface area contributed by atoms with Gasteiger partial charge in [-0.05, 0) is 48.3 Å². The van der Waals surface area contributed by atoms with Crippen molar-refractivity contribution in [2.45, 2.75) is 12.5 Å². The van der Waals surface area contributed by atoms with Crippen LogP contribution in [0.15, 0.2) is 53.1 Å². The van der Waals surface area contributed by atoms with Crippen molar-refractivity contribution < 1.29 is 4.42 Å². The number of rotatable bonds is 7. The molecule has 0 unspecified atom stereocenters. The molecule has 0 aliphatic heterocycles. The van der Waals surface area contributed by atoms with Crippen LogP contribution in [0.25, 0.3) is 0 Å². The first-order valence-electron chi connectivity index (χ1n) is 6.93. The third-order valence-electron chi connectivity index (χ3n) is 3.05. The van der Waals surface area contributed by atoms with E-state index in [4.69, 9.17) is 16.6 Å². The van der Waals surface area contributed by atoms with Gasteiger partial charge >= 0.3 is 0 Å². The van der Waals surface area contributed by atoms with Crippen molar-refractivity contribution in [2.24, 2.45) is 0 Å². The topological polar surface area (TPSA) is 37.2 Å². The lowest BCUT2D eigenvalue weighted by Crippen LogP contribution is -2.38. The Hall–Kier alpha value is -1.46. The Balaban J connectivity index is 1.99. The average Bonchev–Trinajstić information content (AvgIpc) is 3.04. The molecule has 0 fully saturated rings. The van der Waals surface area contributed by atoms with Gasteiger partial charge in [0, 0.05) is 6.54 Å². The molecule has 0 bridgehead atoms. The third-order valence-corrected chi connectivity index (χ3v) is 4.01. The van der Waals surface area contributed by atoms with Crippen LogP contribution >= 0.6 is 24.0 Å². The Morgan fingerprint density at radius 3 is 2.71 bits per heavy atom. The Labute approximate surface area is 135 Å². The van der Waals surface area contributed by atoms with Gasteiger partial charge in [0.1, 0.15) is 11.8 Å². The molecule has 0 amide bonds. The standard InChI is InChI=1S/C16H20N2OS2/c1-21-12-6-10-17-16(20)18-15(14-9-5-11-19-14)13-7-3-2-4-8-13/h2-5,7-9,11,15H,6,10,12H2,1H3,(H2,17,18,20)/t15-/m0/s1. The molecule has 112 valence electrons. The predicted octanol–water partition coefficient (Wildman–Crippen LogP) is 3.59. The minimum absolute atomic E-state index is 0.0678. The molecule has 0 spiro atoms. The smallest absolute Gasteiger partial charge is 0.167 e. The fourth-order valence-electron chi connectivity index (χ4n) is 2.02. The van der Waals surface area contributed by atoms with Crippen LogP contribution in [0, 0.1) is 0 Å². The molecule has 5 heteroatoms. The highest BCUT2D eigenvalue weighted by Crippen LogP contribution is 2.22. The summed E-state index contributed by atoms with van der Waals surface area (Å²) in [6.45, 7) is 0.881. The molecule has 0 aliphatic carbocycles. The molecular weight excluding hydrogens is 300 g/mol. The van der Waals surface area contributed by atoms with Crippen LogP contribution in [-0.2, 0) is 0 Å². The molecule has 1 atom stereocenters. The van der Waals surface area contributed by atoms with E-state index in [2.05, 4.69) is 29.0 Å². The molecule has 1 aromatic heterocycles. The van der Waals surface area contributed by atoms with Crippen molar-refractivity contribution in [3.8, 4) is 0 Å². The molecule has 0 aliphatic rings. The van der Waals surface area contributed by atoms with Crippen molar-refractivity contribution in [3.05, 3.63) is 60.1 Å². The second-order valence-electron chi connectivity index (χ2n) is 4.61.